The Hall–Kier alpha value is -1.72. The molecule has 5 heteroatoms. The monoisotopic (exact) mass is 286 g/mol. The van der Waals surface area contributed by atoms with E-state index < -0.39 is 0 Å². The van der Waals surface area contributed by atoms with Gasteiger partial charge in [0.2, 0.25) is 0 Å². The fourth-order valence-corrected chi connectivity index (χ4v) is 3.18. The topological polar surface area (TPSA) is 63.6 Å². The molecule has 5 nitrogen and oxygen atoms in total. The molecule has 0 amide bonds. The lowest BCUT2D eigenvalue weighted by Crippen LogP contribution is -2.40. The van der Waals surface area contributed by atoms with Crippen molar-refractivity contribution in [2.24, 2.45) is 5.73 Å². The molecular formula is C16H22N4O. The summed E-state index contributed by atoms with van der Waals surface area (Å²) < 4.78 is 1.58. The van der Waals surface area contributed by atoms with E-state index in [1.165, 1.54) is 19.3 Å². The Bertz CT molecular complexity index is 665. The SMILES string of the molecule is NCCC1CCCCN1Cc1cc(=O)n2ccccc2n1. The predicted molar refractivity (Wildman–Crippen MR) is 83.2 cm³/mol. The van der Waals surface area contributed by atoms with E-state index in [0.717, 1.165) is 31.7 Å². The highest BCUT2D eigenvalue weighted by molar-refractivity contribution is 5.37. The normalized spacial score (nSPS) is 20.0. The van der Waals surface area contributed by atoms with Crippen LogP contribution in [0.2, 0.25) is 0 Å². The number of nitrogens with two attached hydrogens (primary N) is 1. The lowest BCUT2D eigenvalue weighted by atomic mass is 9.99. The Morgan fingerprint density at radius 3 is 3.10 bits per heavy atom. The maximum absolute atomic E-state index is 12.1. The summed E-state index contributed by atoms with van der Waals surface area (Å²) in [6, 6.07) is 7.81. The first kappa shape index (κ1) is 14.2. The molecule has 0 radical (unpaired) electrons. The van der Waals surface area contributed by atoms with Crippen molar-refractivity contribution in [2.75, 3.05) is 13.1 Å². The van der Waals surface area contributed by atoms with E-state index in [2.05, 4.69) is 9.88 Å². The number of hydrogen-bond donors (Lipinski definition) is 1. The lowest BCUT2D eigenvalue weighted by molar-refractivity contribution is 0.132. The summed E-state index contributed by atoms with van der Waals surface area (Å²) >= 11 is 0. The quantitative estimate of drug-likeness (QED) is 0.922. The number of likely N-dealkylation sites (tertiary alicyclic amines) is 1. The van der Waals surface area contributed by atoms with Crippen LogP contribution < -0.4 is 11.3 Å². The third-order valence-electron chi connectivity index (χ3n) is 4.24. The van der Waals surface area contributed by atoms with Gasteiger partial charge in [0.05, 0.1) is 5.69 Å². The highest BCUT2D eigenvalue weighted by atomic mass is 16.1. The van der Waals surface area contributed by atoms with Crippen molar-refractivity contribution in [3.63, 3.8) is 0 Å². The molecule has 0 saturated carbocycles. The number of aromatic nitrogens is 2. The molecule has 1 aliphatic heterocycles. The number of piperidine rings is 1. The van der Waals surface area contributed by atoms with Gasteiger partial charge in [-0.05, 0) is 44.5 Å². The minimum Gasteiger partial charge on any atom is -0.330 e. The van der Waals surface area contributed by atoms with Crippen molar-refractivity contribution in [3.05, 3.63) is 46.5 Å². The molecule has 1 aliphatic rings. The summed E-state index contributed by atoms with van der Waals surface area (Å²) in [7, 11) is 0. The van der Waals surface area contributed by atoms with Crippen LogP contribution in [-0.2, 0) is 6.54 Å². The molecule has 1 fully saturated rings. The second-order valence-corrected chi connectivity index (χ2v) is 5.71. The average molecular weight is 286 g/mol. The van der Waals surface area contributed by atoms with Crippen molar-refractivity contribution >= 4 is 5.65 Å². The van der Waals surface area contributed by atoms with Gasteiger partial charge < -0.3 is 5.73 Å². The fourth-order valence-electron chi connectivity index (χ4n) is 3.18. The second-order valence-electron chi connectivity index (χ2n) is 5.71. The average Bonchev–Trinajstić information content (AvgIpc) is 2.50. The predicted octanol–water partition coefficient (Wildman–Crippen LogP) is 1.40. The highest BCUT2D eigenvalue weighted by Gasteiger charge is 2.22. The maximum Gasteiger partial charge on any atom is 0.258 e. The van der Waals surface area contributed by atoms with E-state index in [1.54, 1.807) is 16.7 Å². The van der Waals surface area contributed by atoms with Gasteiger partial charge >= 0.3 is 0 Å². The molecule has 2 N–H and O–H groups in total. The summed E-state index contributed by atoms with van der Waals surface area (Å²) in [6.07, 6.45) is 6.46. The van der Waals surface area contributed by atoms with Gasteiger partial charge in [-0.1, -0.05) is 12.5 Å². The van der Waals surface area contributed by atoms with Gasteiger partial charge in [-0.3, -0.25) is 14.1 Å². The Morgan fingerprint density at radius 2 is 2.24 bits per heavy atom. The Balaban J connectivity index is 1.85. The van der Waals surface area contributed by atoms with Crippen molar-refractivity contribution < 1.29 is 0 Å². The molecule has 0 spiro atoms. The third-order valence-corrected chi connectivity index (χ3v) is 4.24. The van der Waals surface area contributed by atoms with E-state index in [9.17, 15) is 4.79 Å². The van der Waals surface area contributed by atoms with E-state index in [4.69, 9.17) is 5.73 Å². The van der Waals surface area contributed by atoms with Gasteiger partial charge in [-0.15, -0.1) is 0 Å². The molecule has 3 heterocycles. The van der Waals surface area contributed by atoms with Crippen LogP contribution >= 0.6 is 0 Å². The van der Waals surface area contributed by atoms with E-state index in [1.807, 2.05) is 18.2 Å². The summed E-state index contributed by atoms with van der Waals surface area (Å²) in [5.74, 6) is 0. The van der Waals surface area contributed by atoms with Crippen molar-refractivity contribution in [2.45, 2.75) is 38.3 Å². The smallest absolute Gasteiger partial charge is 0.258 e. The van der Waals surface area contributed by atoms with Crippen molar-refractivity contribution in [1.29, 1.82) is 0 Å². The van der Waals surface area contributed by atoms with Crippen LogP contribution in [0.15, 0.2) is 35.3 Å². The standard InChI is InChI=1S/C16H22N4O/c17-8-7-14-5-1-3-9-19(14)12-13-11-16(21)20-10-4-2-6-15(20)18-13/h2,4,6,10-11,14H,1,3,5,7-9,12,17H2. The molecular weight excluding hydrogens is 264 g/mol. The number of nitrogens with zero attached hydrogens (tertiary/aromatic N) is 3. The van der Waals surface area contributed by atoms with E-state index >= 15 is 0 Å². The maximum atomic E-state index is 12.1. The fraction of sp³-hybridized carbons (Fsp3) is 0.500. The first-order chi connectivity index (χ1) is 10.3. The summed E-state index contributed by atoms with van der Waals surface area (Å²) in [5.41, 5.74) is 7.28. The molecule has 1 saturated heterocycles. The van der Waals surface area contributed by atoms with Gasteiger partial charge in [0.1, 0.15) is 5.65 Å². The molecule has 1 unspecified atom stereocenters. The lowest BCUT2D eigenvalue weighted by Gasteiger charge is -2.35. The molecule has 2 aromatic heterocycles. The molecule has 0 aromatic carbocycles. The van der Waals surface area contributed by atoms with Gasteiger partial charge in [-0.2, -0.15) is 0 Å². The Morgan fingerprint density at radius 1 is 1.33 bits per heavy atom. The Kier molecular flexibility index (Phi) is 4.31. The minimum absolute atomic E-state index is 0.0111. The Labute approximate surface area is 124 Å². The van der Waals surface area contributed by atoms with Crippen LogP contribution in [0.5, 0.6) is 0 Å². The molecule has 3 rings (SSSR count). The number of rotatable bonds is 4. The molecule has 21 heavy (non-hydrogen) atoms. The molecule has 112 valence electrons. The summed E-state index contributed by atoms with van der Waals surface area (Å²) in [4.78, 5) is 19.2. The molecule has 1 atom stereocenters. The number of hydrogen-bond acceptors (Lipinski definition) is 4. The van der Waals surface area contributed by atoms with Crippen molar-refractivity contribution in [1.82, 2.24) is 14.3 Å². The first-order valence-corrected chi connectivity index (χ1v) is 7.69. The zero-order chi connectivity index (χ0) is 14.7. The van der Waals surface area contributed by atoms with Gasteiger partial charge in [0.25, 0.3) is 5.56 Å². The molecule has 2 aromatic rings. The van der Waals surface area contributed by atoms with Gasteiger partial charge in [-0.25, -0.2) is 4.98 Å². The largest absolute Gasteiger partial charge is 0.330 e. The minimum atomic E-state index is -0.0111. The van der Waals surface area contributed by atoms with E-state index in [0.29, 0.717) is 11.7 Å². The molecule has 0 aliphatic carbocycles. The second kappa shape index (κ2) is 6.37. The summed E-state index contributed by atoms with van der Waals surface area (Å²) in [5, 5.41) is 0. The van der Waals surface area contributed by atoms with Crippen LogP contribution in [0.3, 0.4) is 0 Å². The number of fused-ring (bicyclic) bond motifs is 1. The van der Waals surface area contributed by atoms with Crippen LogP contribution in [0.25, 0.3) is 5.65 Å². The zero-order valence-electron chi connectivity index (χ0n) is 12.2. The van der Waals surface area contributed by atoms with Crippen LogP contribution in [0, 0.1) is 0 Å². The summed E-state index contributed by atoms with van der Waals surface area (Å²) in [6.45, 7) is 2.53. The van der Waals surface area contributed by atoms with Gasteiger partial charge in [0, 0.05) is 24.8 Å². The van der Waals surface area contributed by atoms with E-state index in [-0.39, 0.29) is 5.56 Å². The third kappa shape index (κ3) is 3.14. The van der Waals surface area contributed by atoms with Crippen LogP contribution in [-0.4, -0.2) is 33.4 Å². The van der Waals surface area contributed by atoms with Gasteiger partial charge in [0.15, 0.2) is 0 Å². The van der Waals surface area contributed by atoms with Crippen LogP contribution in [0.1, 0.15) is 31.4 Å². The van der Waals surface area contributed by atoms with Crippen LogP contribution in [0.4, 0.5) is 0 Å². The van der Waals surface area contributed by atoms with Crippen molar-refractivity contribution in [3.8, 4) is 0 Å². The first-order valence-electron chi connectivity index (χ1n) is 7.69. The zero-order valence-corrected chi connectivity index (χ0v) is 12.2. The molecule has 0 bridgehead atoms. The highest BCUT2D eigenvalue weighted by Crippen LogP contribution is 2.20. The number of pyridine rings is 1.